The topological polar surface area (TPSA) is 64.3 Å². The van der Waals surface area contributed by atoms with Crippen molar-refractivity contribution in [2.45, 2.75) is 26.1 Å². The van der Waals surface area contributed by atoms with Crippen LogP contribution < -0.4 is 11.1 Å². The molecule has 3 N–H and O–H groups in total. The van der Waals surface area contributed by atoms with Crippen LogP contribution in [0.2, 0.25) is 0 Å². The summed E-state index contributed by atoms with van der Waals surface area (Å²) in [6, 6.07) is 11.5. The number of aryl methyl sites for hydroxylation is 1. The summed E-state index contributed by atoms with van der Waals surface area (Å²) in [7, 11) is 1.51. The van der Waals surface area contributed by atoms with Gasteiger partial charge in [-0.25, -0.2) is 4.39 Å². The van der Waals surface area contributed by atoms with Gasteiger partial charge in [0.1, 0.15) is 11.9 Å². The smallest absolute Gasteiger partial charge is 0.241 e. The van der Waals surface area contributed by atoms with Crippen molar-refractivity contribution < 1.29 is 13.9 Å². The molecule has 2 aromatic rings. The van der Waals surface area contributed by atoms with Crippen LogP contribution in [0.25, 0.3) is 0 Å². The van der Waals surface area contributed by atoms with Crippen LogP contribution in [-0.2, 0) is 22.7 Å². The van der Waals surface area contributed by atoms with Crippen molar-refractivity contribution in [3.8, 4) is 0 Å². The Balaban J connectivity index is 1.98. The minimum absolute atomic E-state index is 0.191. The number of benzene rings is 2. The molecule has 1 unspecified atom stereocenters. The van der Waals surface area contributed by atoms with Crippen molar-refractivity contribution in [1.82, 2.24) is 5.32 Å². The normalized spacial score (nSPS) is 12.0. The molecule has 0 aliphatic rings. The van der Waals surface area contributed by atoms with E-state index in [1.807, 2.05) is 31.2 Å². The number of methoxy groups -OCH3 is 1. The van der Waals surface area contributed by atoms with E-state index in [4.69, 9.17) is 10.5 Å². The van der Waals surface area contributed by atoms with E-state index >= 15 is 0 Å². The molecule has 5 heteroatoms. The molecule has 0 aliphatic carbocycles. The first-order chi connectivity index (χ1) is 11.0. The highest BCUT2D eigenvalue weighted by atomic mass is 19.1. The van der Waals surface area contributed by atoms with Crippen LogP contribution >= 0.6 is 0 Å². The molecule has 2 rings (SSSR count). The molecule has 122 valence electrons. The van der Waals surface area contributed by atoms with Crippen LogP contribution in [0.5, 0.6) is 0 Å². The maximum Gasteiger partial charge on any atom is 0.241 e. The predicted octanol–water partition coefficient (Wildman–Crippen LogP) is 2.60. The van der Waals surface area contributed by atoms with Crippen molar-refractivity contribution in [2.75, 3.05) is 7.11 Å². The van der Waals surface area contributed by atoms with Gasteiger partial charge in [0, 0.05) is 19.2 Å². The SMILES string of the molecule is COCc1cc(CNC(=O)C(N)c2ccc(C)cc2)ccc1F. The quantitative estimate of drug-likeness (QED) is 0.861. The van der Waals surface area contributed by atoms with E-state index in [1.165, 1.54) is 13.2 Å². The van der Waals surface area contributed by atoms with Gasteiger partial charge in [0.2, 0.25) is 5.91 Å². The van der Waals surface area contributed by atoms with Gasteiger partial charge in [-0.05, 0) is 30.2 Å². The van der Waals surface area contributed by atoms with E-state index in [-0.39, 0.29) is 24.9 Å². The van der Waals surface area contributed by atoms with E-state index in [9.17, 15) is 9.18 Å². The number of nitrogens with two attached hydrogens (primary N) is 1. The Morgan fingerprint density at radius 2 is 1.96 bits per heavy atom. The highest BCUT2D eigenvalue weighted by molar-refractivity contribution is 5.82. The summed E-state index contributed by atoms with van der Waals surface area (Å²) in [6.45, 7) is 2.45. The third-order valence-electron chi connectivity index (χ3n) is 3.60. The molecule has 0 spiro atoms. The third kappa shape index (κ3) is 4.61. The number of rotatable bonds is 6. The molecule has 0 bridgehead atoms. The molecule has 0 saturated heterocycles. The Morgan fingerprint density at radius 1 is 1.26 bits per heavy atom. The highest BCUT2D eigenvalue weighted by Gasteiger charge is 2.15. The number of ether oxygens (including phenoxy) is 1. The first-order valence-electron chi connectivity index (χ1n) is 7.37. The molecule has 1 amide bonds. The number of hydrogen-bond donors (Lipinski definition) is 2. The molecule has 0 aromatic heterocycles. The lowest BCUT2D eigenvalue weighted by molar-refractivity contribution is -0.122. The average Bonchev–Trinajstić information content (AvgIpc) is 2.55. The maximum absolute atomic E-state index is 13.6. The molecule has 23 heavy (non-hydrogen) atoms. The summed E-state index contributed by atoms with van der Waals surface area (Å²) in [5.74, 6) is -0.593. The van der Waals surface area contributed by atoms with Gasteiger partial charge in [0.25, 0.3) is 0 Å². The second kappa shape index (κ2) is 7.85. The number of carbonyl (C=O) groups excluding carboxylic acids is 1. The summed E-state index contributed by atoms with van der Waals surface area (Å²) < 4.78 is 18.5. The summed E-state index contributed by atoms with van der Waals surface area (Å²) >= 11 is 0. The molecule has 0 fully saturated rings. The van der Waals surface area contributed by atoms with E-state index in [2.05, 4.69) is 5.32 Å². The summed E-state index contributed by atoms with van der Waals surface area (Å²) in [6.07, 6.45) is 0. The second-order valence-electron chi connectivity index (χ2n) is 5.46. The predicted molar refractivity (Wildman–Crippen MR) is 87.1 cm³/mol. The van der Waals surface area contributed by atoms with Gasteiger partial charge in [0.05, 0.1) is 6.61 Å². The van der Waals surface area contributed by atoms with Crippen LogP contribution in [0.15, 0.2) is 42.5 Å². The Hall–Kier alpha value is -2.24. The van der Waals surface area contributed by atoms with Crippen molar-refractivity contribution in [3.63, 3.8) is 0 Å². The Kier molecular flexibility index (Phi) is 5.84. The average molecular weight is 316 g/mol. The van der Waals surface area contributed by atoms with E-state index in [1.54, 1.807) is 12.1 Å². The van der Waals surface area contributed by atoms with Crippen molar-refractivity contribution in [1.29, 1.82) is 0 Å². The molecule has 4 nitrogen and oxygen atoms in total. The largest absolute Gasteiger partial charge is 0.380 e. The van der Waals surface area contributed by atoms with Gasteiger partial charge >= 0.3 is 0 Å². The van der Waals surface area contributed by atoms with Crippen LogP contribution in [0.1, 0.15) is 28.3 Å². The van der Waals surface area contributed by atoms with Gasteiger partial charge in [0.15, 0.2) is 0 Å². The fraction of sp³-hybridized carbons (Fsp3) is 0.278. The lowest BCUT2D eigenvalue weighted by atomic mass is 10.1. The summed E-state index contributed by atoms with van der Waals surface area (Å²) in [5.41, 5.74) is 9.08. The molecule has 2 aromatic carbocycles. The van der Waals surface area contributed by atoms with Gasteiger partial charge in [-0.3, -0.25) is 4.79 Å². The van der Waals surface area contributed by atoms with Gasteiger partial charge in [-0.15, -0.1) is 0 Å². The Morgan fingerprint density at radius 3 is 2.61 bits per heavy atom. The first kappa shape index (κ1) is 17.1. The lowest BCUT2D eigenvalue weighted by Crippen LogP contribution is -2.33. The third-order valence-corrected chi connectivity index (χ3v) is 3.60. The molecule has 0 radical (unpaired) electrons. The van der Waals surface area contributed by atoms with E-state index in [0.29, 0.717) is 5.56 Å². The monoisotopic (exact) mass is 316 g/mol. The minimum atomic E-state index is -0.727. The van der Waals surface area contributed by atoms with Gasteiger partial charge < -0.3 is 15.8 Å². The van der Waals surface area contributed by atoms with Gasteiger partial charge in [-0.2, -0.15) is 0 Å². The zero-order chi connectivity index (χ0) is 16.8. The lowest BCUT2D eigenvalue weighted by Gasteiger charge is -2.13. The molecular formula is C18H21FN2O2. The molecule has 0 saturated carbocycles. The van der Waals surface area contributed by atoms with Crippen molar-refractivity contribution in [3.05, 3.63) is 70.5 Å². The maximum atomic E-state index is 13.6. The number of amides is 1. The van der Waals surface area contributed by atoms with Crippen LogP contribution in [0, 0.1) is 12.7 Å². The number of halogens is 1. The van der Waals surface area contributed by atoms with E-state index in [0.717, 1.165) is 16.7 Å². The summed E-state index contributed by atoms with van der Waals surface area (Å²) in [5, 5.41) is 2.77. The van der Waals surface area contributed by atoms with Gasteiger partial charge in [-0.1, -0.05) is 35.9 Å². The molecule has 1 atom stereocenters. The number of carbonyl (C=O) groups is 1. The molecular weight excluding hydrogens is 295 g/mol. The fourth-order valence-corrected chi connectivity index (χ4v) is 2.23. The number of nitrogens with one attached hydrogen (secondary N) is 1. The molecule has 0 heterocycles. The van der Waals surface area contributed by atoms with Crippen LogP contribution in [0.4, 0.5) is 4.39 Å². The number of hydrogen-bond acceptors (Lipinski definition) is 3. The van der Waals surface area contributed by atoms with Crippen molar-refractivity contribution in [2.24, 2.45) is 5.73 Å². The zero-order valence-electron chi connectivity index (χ0n) is 13.3. The summed E-state index contributed by atoms with van der Waals surface area (Å²) in [4.78, 5) is 12.1. The standard InChI is InChI=1S/C18H21FN2O2/c1-12-3-6-14(7-4-12)17(20)18(22)21-10-13-5-8-16(19)15(9-13)11-23-2/h3-9,17H,10-11,20H2,1-2H3,(H,21,22). The Labute approximate surface area is 135 Å². The first-order valence-corrected chi connectivity index (χ1v) is 7.37. The fourth-order valence-electron chi connectivity index (χ4n) is 2.23. The van der Waals surface area contributed by atoms with Crippen LogP contribution in [-0.4, -0.2) is 13.0 Å². The molecule has 0 aliphatic heterocycles. The minimum Gasteiger partial charge on any atom is -0.380 e. The van der Waals surface area contributed by atoms with Crippen LogP contribution in [0.3, 0.4) is 0 Å². The van der Waals surface area contributed by atoms with Crippen molar-refractivity contribution >= 4 is 5.91 Å². The van der Waals surface area contributed by atoms with E-state index < -0.39 is 6.04 Å². The highest BCUT2D eigenvalue weighted by Crippen LogP contribution is 2.14. The Bertz CT molecular complexity index is 671. The zero-order valence-corrected chi connectivity index (χ0v) is 13.3. The second-order valence-corrected chi connectivity index (χ2v) is 5.46.